The summed E-state index contributed by atoms with van der Waals surface area (Å²) in [5.74, 6) is -0.210. The van der Waals surface area contributed by atoms with Crippen LogP contribution in [-0.2, 0) is 26.1 Å². The Morgan fingerprint density at radius 1 is 1.11 bits per heavy atom. The summed E-state index contributed by atoms with van der Waals surface area (Å²) in [4.78, 5) is 13.9. The Morgan fingerprint density at radius 3 is 2.64 bits per heavy atom. The van der Waals surface area contributed by atoms with Gasteiger partial charge in [-0.1, -0.05) is 66.2 Å². The number of esters is 1. The first-order valence-electron chi connectivity index (χ1n) is 12.1. The first-order chi connectivity index (χ1) is 17.4. The Bertz CT molecular complexity index is 1320. The zero-order valence-corrected chi connectivity index (χ0v) is 21.8. The summed E-state index contributed by atoms with van der Waals surface area (Å²) in [5, 5.41) is 2.88. The number of likely N-dealkylation sites (tertiary alicyclic amines) is 1. The molecule has 3 aromatic carbocycles. The number of rotatable bonds is 10. The van der Waals surface area contributed by atoms with Crippen molar-refractivity contribution in [2.24, 2.45) is 0 Å². The second kappa shape index (κ2) is 12.0. The highest BCUT2D eigenvalue weighted by Gasteiger charge is 2.33. The summed E-state index contributed by atoms with van der Waals surface area (Å²) < 4.78 is 33.6. The first-order valence-corrected chi connectivity index (χ1v) is 13.9. The molecule has 8 heteroatoms. The van der Waals surface area contributed by atoms with Crippen molar-refractivity contribution in [1.82, 2.24) is 9.62 Å². The predicted octanol–water partition coefficient (Wildman–Crippen LogP) is 5.31. The zero-order valence-electron chi connectivity index (χ0n) is 20.3. The Balaban J connectivity index is 1.50. The average molecular weight is 527 g/mol. The van der Waals surface area contributed by atoms with Gasteiger partial charge in [0.25, 0.3) is 0 Å². The van der Waals surface area contributed by atoms with Gasteiger partial charge in [-0.2, -0.15) is 0 Å². The number of fused-ring (bicyclic) bond motifs is 1. The number of carbonyl (C=O) groups excluding carboxylic acids is 1. The minimum Gasteiger partial charge on any atom is -0.469 e. The van der Waals surface area contributed by atoms with E-state index < -0.39 is 10.0 Å². The van der Waals surface area contributed by atoms with Crippen LogP contribution in [0.3, 0.4) is 0 Å². The van der Waals surface area contributed by atoms with Gasteiger partial charge in [-0.15, -0.1) is 0 Å². The summed E-state index contributed by atoms with van der Waals surface area (Å²) in [6, 6.07) is 20.6. The Kier molecular flexibility index (Phi) is 8.80. The van der Waals surface area contributed by atoms with Gasteiger partial charge in [0.1, 0.15) is 0 Å². The van der Waals surface area contributed by atoms with Crippen LogP contribution in [0.25, 0.3) is 10.8 Å². The van der Waals surface area contributed by atoms with Crippen LogP contribution in [0.5, 0.6) is 0 Å². The monoisotopic (exact) mass is 526 g/mol. The average Bonchev–Trinajstić information content (AvgIpc) is 3.24. The third-order valence-corrected chi connectivity index (χ3v) is 8.28. The van der Waals surface area contributed by atoms with Gasteiger partial charge in [0.15, 0.2) is 0 Å². The van der Waals surface area contributed by atoms with Crippen LogP contribution in [0, 0.1) is 0 Å². The van der Waals surface area contributed by atoms with Crippen molar-refractivity contribution in [2.75, 3.05) is 13.7 Å². The van der Waals surface area contributed by atoms with Crippen LogP contribution in [0.15, 0.2) is 83.8 Å². The quantitative estimate of drug-likeness (QED) is 0.220. The fraction of sp³-hybridized carbons (Fsp3) is 0.321. The number of methoxy groups -OCH3 is 1. The molecule has 0 bridgehead atoms. The largest absolute Gasteiger partial charge is 0.469 e. The zero-order chi connectivity index (χ0) is 25.5. The number of nitrogens with one attached hydrogen (secondary N) is 1. The van der Waals surface area contributed by atoms with Crippen LogP contribution in [0.2, 0.25) is 5.02 Å². The topological polar surface area (TPSA) is 75.7 Å². The molecular formula is C28H31ClN2O4S. The molecule has 0 saturated carbocycles. The molecule has 1 heterocycles. The number of unbranched alkanes of at least 4 members (excludes halogenated alkanes) is 1. The molecule has 36 heavy (non-hydrogen) atoms. The molecule has 0 aliphatic carbocycles. The molecule has 0 aromatic heterocycles. The highest BCUT2D eigenvalue weighted by atomic mass is 35.5. The van der Waals surface area contributed by atoms with E-state index in [0.717, 1.165) is 6.42 Å². The van der Waals surface area contributed by atoms with E-state index in [1.807, 2.05) is 12.1 Å². The molecule has 1 fully saturated rings. The van der Waals surface area contributed by atoms with Crippen molar-refractivity contribution < 1.29 is 17.9 Å². The summed E-state index contributed by atoms with van der Waals surface area (Å²) in [7, 11) is -2.27. The minimum absolute atomic E-state index is 0.0695. The van der Waals surface area contributed by atoms with Gasteiger partial charge in [-0.05, 0) is 59.9 Å². The van der Waals surface area contributed by atoms with Crippen LogP contribution >= 0.6 is 11.6 Å². The summed E-state index contributed by atoms with van der Waals surface area (Å²) in [5.41, 5.74) is 1.21. The lowest BCUT2D eigenvalue weighted by Crippen LogP contribution is -2.37. The van der Waals surface area contributed by atoms with Crippen LogP contribution in [0.4, 0.5) is 0 Å². The molecule has 190 valence electrons. The number of benzene rings is 3. The van der Waals surface area contributed by atoms with Crippen molar-refractivity contribution in [1.29, 1.82) is 0 Å². The van der Waals surface area contributed by atoms with E-state index in [1.54, 1.807) is 12.1 Å². The molecule has 0 unspecified atom stereocenters. The normalized spacial score (nSPS) is 18.7. The lowest BCUT2D eigenvalue weighted by molar-refractivity contribution is -0.140. The molecule has 1 saturated heterocycles. The lowest BCUT2D eigenvalue weighted by atomic mass is 10.0. The van der Waals surface area contributed by atoms with Gasteiger partial charge in [0, 0.05) is 36.6 Å². The molecule has 0 radical (unpaired) electrons. The lowest BCUT2D eigenvalue weighted by Gasteiger charge is -2.23. The van der Waals surface area contributed by atoms with Crippen LogP contribution < -0.4 is 4.72 Å². The second-order valence-electron chi connectivity index (χ2n) is 9.04. The number of sulfonamides is 1. The maximum atomic E-state index is 13.0. The van der Waals surface area contributed by atoms with Crippen molar-refractivity contribution in [3.8, 4) is 0 Å². The number of nitrogens with zero attached hydrogens (tertiary/aromatic N) is 1. The molecule has 0 spiro atoms. The van der Waals surface area contributed by atoms with Crippen LogP contribution in [0.1, 0.15) is 31.2 Å². The number of carbonyl (C=O) groups is 1. The fourth-order valence-electron chi connectivity index (χ4n) is 4.67. The highest BCUT2D eigenvalue weighted by molar-refractivity contribution is 7.89. The third kappa shape index (κ3) is 6.73. The molecule has 0 amide bonds. The van der Waals surface area contributed by atoms with Gasteiger partial charge < -0.3 is 4.74 Å². The van der Waals surface area contributed by atoms with Gasteiger partial charge in [0.05, 0.1) is 12.0 Å². The SMILES string of the molecule is COC(=O)CCC/C=C\[C@@H]1C[C@@H](NS(=O)(=O)c2ccc(Cl)cc2)CN1Cc1cccc2ccccc12. The maximum absolute atomic E-state index is 13.0. The van der Waals surface area contributed by atoms with E-state index >= 15 is 0 Å². The van der Waals surface area contributed by atoms with Crippen molar-refractivity contribution in [3.63, 3.8) is 0 Å². The second-order valence-corrected chi connectivity index (χ2v) is 11.2. The predicted molar refractivity (Wildman–Crippen MR) is 143 cm³/mol. The molecule has 6 nitrogen and oxygen atoms in total. The van der Waals surface area contributed by atoms with Gasteiger partial charge in [-0.3, -0.25) is 9.69 Å². The number of hydrogen-bond acceptors (Lipinski definition) is 5. The molecule has 2 atom stereocenters. The molecule has 3 aromatic rings. The summed E-state index contributed by atoms with van der Waals surface area (Å²) >= 11 is 5.93. The van der Waals surface area contributed by atoms with Crippen molar-refractivity contribution >= 4 is 38.4 Å². The van der Waals surface area contributed by atoms with Gasteiger partial charge >= 0.3 is 5.97 Å². The Hall–Kier alpha value is -2.71. The van der Waals surface area contributed by atoms with Gasteiger partial charge in [-0.25, -0.2) is 13.1 Å². The maximum Gasteiger partial charge on any atom is 0.305 e. The molecular weight excluding hydrogens is 496 g/mol. The summed E-state index contributed by atoms with van der Waals surface area (Å²) in [6.07, 6.45) is 6.74. The summed E-state index contributed by atoms with van der Waals surface area (Å²) in [6.45, 7) is 1.30. The molecule has 1 aliphatic heterocycles. The van der Waals surface area contributed by atoms with E-state index in [1.165, 1.54) is 35.6 Å². The number of ether oxygens (including phenoxy) is 1. The third-order valence-electron chi connectivity index (χ3n) is 6.49. The Morgan fingerprint density at radius 2 is 1.86 bits per heavy atom. The highest BCUT2D eigenvalue weighted by Crippen LogP contribution is 2.27. The van der Waals surface area contributed by atoms with E-state index in [2.05, 4.69) is 52.1 Å². The molecule has 4 rings (SSSR count). The standard InChI is InChI=1S/C28H31ClN2O4S/c1-35-28(32)13-4-2-3-11-25-18-24(30-36(33,34)26-16-14-23(29)15-17-26)20-31(25)19-22-10-7-9-21-8-5-6-12-27(21)22/h3,5-12,14-17,24-25,30H,2,4,13,18-20H2,1H3/b11-3-/t24-,25-/m1/s1. The smallest absolute Gasteiger partial charge is 0.305 e. The minimum atomic E-state index is -3.67. The first kappa shape index (κ1) is 26.4. The van der Waals surface area contributed by atoms with Gasteiger partial charge in [0.2, 0.25) is 10.0 Å². The number of halogens is 1. The fourth-order valence-corrected chi connectivity index (χ4v) is 6.04. The van der Waals surface area contributed by atoms with Crippen LogP contribution in [-0.4, -0.2) is 45.0 Å². The molecule has 1 aliphatic rings. The van der Waals surface area contributed by atoms with Crippen molar-refractivity contribution in [3.05, 3.63) is 89.5 Å². The molecule has 1 N–H and O–H groups in total. The number of hydrogen-bond donors (Lipinski definition) is 1. The van der Waals surface area contributed by atoms with E-state index in [0.29, 0.717) is 37.4 Å². The van der Waals surface area contributed by atoms with E-state index in [4.69, 9.17) is 16.3 Å². The number of allylic oxidation sites excluding steroid dienone is 1. The van der Waals surface area contributed by atoms with E-state index in [9.17, 15) is 13.2 Å². The Labute approximate surface area is 218 Å². The van der Waals surface area contributed by atoms with E-state index in [-0.39, 0.29) is 22.9 Å². The van der Waals surface area contributed by atoms with Crippen molar-refractivity contribution in [2.45, 2.75) is 49.2 Å².